The first kappa shape index (κ1) is 13.5. The third-order valence-corrected chi connectivity index (χ3v) is 2.51. The Bertz CT molecular complexity index is 514. The molecule has 1 N–H and O–H groups in total. The SMILES string of the molecule is O=C(O)c1ccc(COS(=O)(=O)C(F)(F)F)o1. The molecule has 0 fully saturated rings. The fraction of sp³-hybridized carbons (Fsp3) is 0.286. The molecule has 0 aliphatic rings. The Hall–Kier alpha value is -1.55. The Morgan fingerprint density at radius 2 is 2.00 bits per heavy atom. The maximum absolute atomic E-state index is 11.8. The van der Waals surface area contributed by atoms with Gasteiger partial charge in [-0.1, -0.05) is 0 Å². The molecule has 0 bridgehead atoms. The molecule has 0 aliphatic heterocycles. The summed E-state index contributed by atoms with van der Waals surface area (Å²) in [6.07, 6.45) is 0. The number of furan rings is 1. The van der Waals surface area contributed by atoms with Crippen molar-refractivity contribution in [3.05, 3.63) is 23.7 Å². The zero-order valence-corrected chi connectivity index (χ0v) is 8.71. The zero-order valence-electron chi connectivity index (χ0n) is 7.89. The van der Waals surface area contributed by atoms with Gasteiger partial charge in [0.05, 0.1) is 0 Å². The van der Waals surface area contributed by atoms with Crippen LogP contribution in [-0.4, -0.2) is 25.0 Å². The highest BCUT2D eigenvalue weighted by molar-refractivity contribution is 7.87. The molecule has 0 saturated heterocycles. The van der Waals surface area contributed by atoms with Crippen LogP contribution < -0.4 is 0 Å². The first-order chi connectivity index (χ1) is 7.63. The minimum Gasteiger partial charge on any atom is -0.475 e. The van der Waals surface area contributed by atoms with Crippen LogP contribution in [0.15, 0.2) is 16.5 Å². The number of halogens is 3. The molecule has 10 heteroatoms. The van der Waals surface area contributed by atoms with Crippen molar-refractivity contribution in [1.29, 1.82) is 0 Å². The van der Waals surface area contributed by atoms with E-state index in [4.69, 9.17) is 5.11 Å². The van der Waals surface area contributed by atoms with Crippen molar-refractivity contribution in [2.45, 2.75) is 12.1 Å². The van der Waals surface area contributed by atoms with E-state index < -0.39 is 34.0 Å². The fourth-order valence-electron chi connectivity index (χ4n) is 0.773. The van der Waals surface area contributed by atoms with Crippen molar-refractivity contribution in [2.75, 3.05) is 0 Å². The molecule has 0 radical (unpaired) electrons. The molecule has 1 aromatic heterocycles. The van der Waals surface area contributed by atoms with Gasteiger partial charge in [-0.15, -0.1) is 0 Å². The minimum absolute atomic E-state index is 0.352. The second-order valence-corrected chi connectivity index (χ2v) is 4.34. The summed E-state index contributed by atoms with van der Waals surface area (Å²) in [6.45, 7) is -1.03. The summed E-state index contributed by atoms with van der Waals surface area (Å²) in [6, 6.07) is 1.95. The summed E-state index contributed by atoms with van der Waals surface area (Å²) >= 11 is 0. The van der Waals surface area contributed by atoms with Crippen LogP contribution in [0, 0.1) is 0 Å². The molecule has 0 unspecified atom stereocenters. The van der Waals surface area contributed by atoms with Gasteiger partial charge in [-0.2, -0.15) is 21.6 Å². The van der Waals surface area contributed by atoms with E-state index in [1.54, 1.807) is 0 Å². The molecule has 6 nitrogen and oxygen atoms in total. The monoisotopic (exact) mass is 274 g/mol. The smallest absolute Gasteiger partial charge is 0.475 e. The van der Waals surface area contributed by atoms with Gasteiger partial charge in [-0.05, 0) is 12.1 Å². The molecule has 0 saturated carbocycles. The molecule has 0 aliphatic carbocycles. The quantitative estimate of drug-likeness (QED) is 0.657. The molecule has 1 heterocycles. The summed E-state index contributed by atoms with van der Waals surface area (Å²) in [5, 5.41) is 8.42. The Morgan fingerprint density at radius 1 is 1.41 bits per heavy atom. The van der Waals surface area contributed by atoms with Crippen molar-refractivity contribution in [3.8, 4) is 0 Å². The Balaban J connectivity index is 2.71. The van der Waals surface area contributed by atoms with Gasteiger partial charge in [0.2, 0.25) is 5.76 Å². The lowest BCUT2D eigenvalue weighted by atomic mass is 10.4. The number of aromatic carboxylic acids is 1. The van der Waals surface area contributed by atoms with Gasteiger partial charge in [-0.25, -0.2) is 4.79 Å². The van der Waals surface area contributed by atoms with Gasteiger partial charge in [0.1, 0.15) is 12.4 Å². The van der Waals surface area contributed by atoms with Crippen LogP contribution >= 0.6 is 0 Å². The van der Waals surface area contributed by atoms with E-state index in [0.29, 0.717) is 0 Å². The largest absolute Gasteiger partial charge is 0.523 e. The maximum atomic E-state index is 11.8. The van der Waals surface area contributed by atoms with E-state index in [-0.39, 0.29) is 5.76 Å². The standard InChI is InChI=1S/C7H5F3O6S/c8-7(9,10)17(13,14)15-3-4-1-2-5(16-4)6(11)12/h1-2H,3H2,(H,11,12). The molecule has 1 aromatic rings. The molecule has 0 aromatic carbocycles. The van der Waals surface area contributed by atoms with Gasteiger partial charge in [0.15, 0.2) is 0 Å². The number of carboxylic acid groups (broad SMARTS) is 1. The van der Waals surface area contributed by atoms with Gasteiger partial charge < -0.3 is 9.52 Å². The number of carbonyl (C=O) groups is 1. The lowest BCUT2D eigenvalue weighted by molar-refractivity contribution is -0.0551. The zero-order chi connectivity index (χ0) is 13.3. The summed E-state index contributed by atoms with van der Waals surface area (Å²) in [7, 11) is -5.71. The number of carboxylic acids is 1. The minimum atomic E-state index is -5.71. The van der Waals surface area contributed by atoms with Gasteiger partial charge in [0.25, 0.3) is 0 Å². The lowest BCUT2D eigenvalue weighted by Gasteiger charge is -2.06. The second-order valence-electron chi connectivity index (χ2n) is 2.73. The molecule has 1 rings (SSSR count). The van der Waals surface area contributed by atoms with E-state index in [0.717, 1.165) is 12.1 Å². The van der Waals surface area contributed by atoms with Crippen molar-refractivity contribution < 1.29 is 40.1 Å². The number of alkyl halides is 3. The van der Waals surface area contributed by atoms with Gasteiger partial charge in [0, 0.05) is 0 Å². The normalized spacial score (nSPS) is 12.6. The number of hydrogen-bond acceptors (Lipinski definition) is 5. The average Bonchev–Trinajstić information content (AvgIpc) is 2.61. The third kappa shape index (κ3) is 3.20. The van der Waals surface area contributed by atoms with Crippen LogP contribution in [0.2, 0.25) is 0 Å². The molecule has 0 amide bonds. The van der Waals surface area contributed by atoms with E-state index in [1.165, 1.54) is 0 Å². The van der Waals surface area contributed by atoms with E-state index in [1.807, 2.05) is 0 Å². The topological polar surface area (TPSA) is 93.8 Å². The van der Waals surface area contributed by atoms with Crippen LogP contribution in [0.1, 0.15) is 16.3 Å². The van der Waals surface area contributed by atoms with Gasteiger partial charge in [-0.3, -0.25) is 4.18 Å². The van der Waals surface area contributed by atoms with Crippen LogP contribution in [-0.2, 0) is 20.9 Å². The predicted molar refractivity (Wildman–Crippen MR) is 45.4 cm³/mol. The first-order valence-corrected chi connectivity index (χ1v) is 5.32. The van der Waals surface area contributed by atoms with Crippen LogP contribution in [0.3, 0.4) is 0 Å². The van der Waals surface area contributed by atoms with Crippen molar-refractivity contribution in [2.24, 2.45) is 0 Å². The van der Waals surface area contributed by atoms with Crippen molar-refractivity contribution in [1.82, 2.24) is 0 Å². The molecule has 0 spiro atoms. The third-order valence-electron chi connectivity index (χ3n) is 1.51. The fourth-order valence-corrected chi connectivity index (χ4v) is 1.18. The summed E-state index contributed by atoms with van der Waals surface area (Å²) in [5.41, 5.74) is -5.53. The average molecular weight is 274 g/mol. The van der Waals surface area contributed by atoms with E-state index in [9.17, 15) is 26.4 Å². The molecular weight excluding hydrogens is 269 g/mol. The summed E-state index contributed by atoms with van der Waals surface area (Å²) in [5.74, 6) is -2.32. The molecule has 17 heavy (non-hydrogen) atoms. The van der Waals surface area contributed by atoms with E-state index >= 15 is 0 Å². The maximum Gasteiger partial charge on any atom is 0.523 e. The summed E-state index contributed by atoms with van der Waals surface area (Å²) < 4.78 is 64.5. The van der Waals surface area contributed by atoms with E-state index in [2.05, 4.69) is 8.60 Å². The van der Waals surface area contributed by atoms with Crippen molar-refractivity contribution >= 4 is 16.1 Å². The summed E-state index contributed by atoms with van der Waals surface area (Å²) in [4.78, 5) is 10.3. The Morgan fingerprint density at radius 3 is 2.41 bits per heavy atom. The van der Waals surface area contributed by atoms with Crippen LogP contribution in [0.4, 0.5) is 13.2 Å². The molecular formula is C7H5F3O6S. The lowest BCUT2D eigenvalue weighted by Crippen LogP contribution is -2.25. The van der Waals surface area contributed by atoms with Gasteiger partial charge >= 0.3 is 21.6 Å². The second kappa shape index (κ2) is 4.37. The highest BCUT2D eigenvalue weighted by Gasteiger charge is 2.47. The highest BCUT2D eigenvalue weighted by atomic mass is 32.2. The number of rotatable bonds is 4. The Labute approximate surface area is 92.7 Å². The van der Waals surface area contributed by atoms with Crippen LogP contribution in [0.25, 0.3) is 0 Å². The highest BCUT2D eigenvalue weighted by Crippen LogP contribution is 2.25. The Kier molecular flexibility index (Phi) is 3.48. The molecule has 0 atom stereocenters. The predicted octanol–water partition coefficient (Wildman–Crippen LogP) is 1.34. The van der Waals surface area contributed by atoms with Crippen LogP contribution in [0.5, 0.6) is 0 Å². The molecule has 96 valence electrons. The van der Waals surface area contributed by atoms with Crippen molar-refractivity contribution in [3.63, 3.8) is 0 Å². The number of hydrogen-bond donors (Lipinski definition) is 1. The first-order valence-electron chi connectivity index (χ1n) is 3.91.